The Hall–Kier alpha value is -2.85. The predicted octanol–water partition coefficient (Wildman–Crippen LogP) is 2.57. The first-order valence-corrected chi connectivity index (χ1v) is 4.96. The van der Waals surface area contributed by atoms with E-state index in [2.05, 4.69) is 22.4 Å². The van der Waals surface area contributed by atoms with E-state index in [9.17, 15) is 0 Å². The van der Waals surface area contributed by atoms with Crippen molar-refractivity contribution < 1.29 is 0 Å². The van der Waals surface area contributed by atoms with Gasteiger partial charge < -0.3 is 5.32 Å². The second kappa shape index (κ2) is 4.78. The zero-order valence-electron chi connectivity index (χ0n) is 8.88. The van der Waals surface area contributed by atoms with E-state index in [1.54, 1.807) is 36.5 Å². The van der Waals surface area contributed by atoms with E-state index in [0.717, 1.165) is 5.69 Å². The van der Waals surface area contributed by atoms with Gasteiger partial charge in [0.05, 0.1) is 17.2 Å². The van der Waals surface area contributed by atoms with Crippen LogP contribution in [0.4, 0.5) is 11.5 Å². The molecule has 0 unspecified atom stereocenters. The van der Waals surface area contributed by atoms with Crippen molar-refractivity contribution in [1.82, 2.24) is 4.98 Å². The number of nitrogens with zero attached hydrogens (tertiary/aromatic N) is 3. The Kier molecular flexibility index (Phi) is 3.00. The van der Waals surface area contributed by atoms with Gasteiger partial charge in [-0.3, -0.25) is 0 Å². The summed E-state index contributed by atoms with van der Waals surface area (Å²) in [5.74, 6) is 0.491. The summed E-state index contributed by atoms with van der Waals surface area (Å²) in [6, 6.07) is 14.5. The van der Waals surface area contributed by atoms with Gasteiger partial charge in [0.2, 0.25) is 0 Å². The molecular formula is C13H8N4. The number of aromatic nitrogens is 1. The third-order valence-electron chi connectivity index (χ3n) is 2.18. The SMILES string of the molecule is N#Cc1cccc(Nc2ncccc2C#N)c1. The lowest BCUT2D eigenvalue weighted by molar-refractivity contribution is 1.28. The molecule has 0 radical (unpaired) electrons. The van der Waals surface area contributed by atoms with Crippen LogP contribution in [0.15, 0.2) is 42.6 Å². The Bertz CT molecular complexity index is 620. The number of benzene rings is 1. The summed E-state index contributed by atoms with van der Waals surface area (Å²) in [6.45, 7) is 0. The third kappa shape index (κ3) is 2.39. The van der Waals surface area contributed by atoms with Gasteiger partial charge in [0, 0.05) is 11.9 Å². The van der Waals surface area contributed by atoms with Gasteiger partial charge >= 0.3 is 0 Å². The van der Waals surface area contributed by atoms with E-state index in [-0.39, 0.29) is 0 Å². The minimum atomic E-state index is 0.467. The number of nitriles is 2. The first-order valence-electron chi connectivity index (χ1n) is 4.96. The largest absolute Gasteiger partial charge is 0.339 e. The summed E-state index contributed by atoms with van der Waals surface area (Å²) in [5, 5.41) is 20.7. The number of hydrogen-bond acceptors (Lipinski definition) is 4. The minimum Gasteiger partial charge on any atom is -0.339 e. The Morgan fingerprint density at radius 1 is 1.06 bits per heavy atom. The minimum absolute atomic E-state index is 0.467. The fourth-order valence-corrected chi connectivity index (χ4v) is 1.40. The number of nitrogens with one attached hydrogen (secondary N) is 1. The average Bonchev–Trinajstić information content (AvgIpc) is 2.39. The van der Waals surface area contributed by atoms with Crippen LogP contribution in [-0.4, -0.2) is 4.98 Å². The van der Waals surface area contributed by atoms with Crippen molar-refractivity contribution in [2.75, 3.05) is 5.32 Å². The number of hydrogen-bond donors (Lipinski definition) is 1. The summed E-state index contributed by atoms with van der Waals surface area (Å²) in [4.78, 5) is 4.08. The highest BCUT2D eigenvalue weighted by Crippen LogP contribution is 2.18. The molecule has 0 aliphatic carbocycles. The molecule has 17 heavy (non-hydrogen) atoms. The zero-order chi connectivity index (χ0) is 12.1. The molecule has 0 aliphatic rings. The quantitative estimate of drug-likeness (QED) is 0.844. The second-order valence-corrected chi connectivity index (χ2v) is 3.33. The number of pyridine rings is 1. The number of anilines is 2. The maximum Gasteiger partial charge on any atom is 0.148 e. The Balaban J connectivity index is 2.32. The molecule has 4 nitrogen and oxygen atoms in total. The number of rotatable bonds is 2. The van der Waals surface area contributed by atoms with Crippen LogP contribution >= 0.6 is 0 Å². The molecule has 0 bridgehead atoms. The molecule has 0 spiro atoms. The molecule has 1 N–H and O–H groups in total. The van der Waals surface area contributed by atoms with Gasteiger partial charge in [-0.1, -0.05) is 6.07 Å². The summed E-state index contributed by atoms with van der Waals surface area (Å²) in [7, 11) is 0. The normalized spacial score (nSPS) is 9.06. The molecule has 2 rings (SSSR count). The Morgan fingerprint density at radius 2 is 1.94 bits per heavy atom. The molecule has 1 heterocycles. The van der Waals surface area contributed by atoms with Crippen LogP contribution in [0.25, 0.3) is 0 Å². The zero-order valence-corrected chi connectivity index (χ0v) is 8.88. The molecule has 0 saturated carbocycles. The second-order valence-electron chi connectivity index (χ2n) is 3.33. The van der Waals surface area contributed by atoms with Crippen molar-refractivity contribution in [2.45, 2.75) is 0 Å². The van der Waals surface area contributed by atoms with Crippen LogP contribution in [0.2, 0.25) is 0 Å². The first kappa shape index (κ1) is 10.7. The van der Waals surface area contributed by atoms with Crippen molar-refractivity contribution in [3.63, 3.8) is 0 Å². The van der Waals surface area contributed by atoms with Gasteiger partial charge in [0.15, 0.2) is 0 Å². The van der Waals surface area contributed by atoms with Gasteiger partial charge in [-0.2, -0.15) is 10.5 Å². The molecule has 0 atom stereocenters. The standard InChI is InChI=1S/C13H8N4/c14-8-10-3-1-5-12(7-10)17-13-11(9-15)4-2-6-16-13/h1-7H,(H,16,17). The van der Waals surface area contributed by atoms with E-state index < -0.39 is 0 Å². The van der Waals surface area contributed by atoms with Crippen LogP contribution < -0.4 is 5.32 Å². The monoisotopic (exact) mass is 220 g/mol. The lowest BCUT2D eigenvalue weighted by Gasteiger charge is -2.06. The molecular weight excluding hydrogens is 212 g/mol. The van der Waals surface area contributed by atoms with E-state index >= 15 is 0 Å². The summed E-state index contributed by atoms with van der Waals surface area (Å²) < 4.78 is 0. The van der Waals surface area contributed by atoms with Gasteiger partial charge in [-0.25, -0.2) is 4.98 Å². The van der Waals surface area contributed by atoms with Crippen molar-refractivity contribution in [3.8, 4) is 12.1 Å². The smallest absolute Gasteiger partial charge is 0.148 e. The summed E-state index contributed by atoms with van der Waals surface area (Å²) in [6.07, 6.45) is 1.61. The van der Waals surface area contributed by atoms with Gasteiger partial charge in [-0.05, 0) is 30.3 Å². The van der Waals surface area contributed by atoms with Gasteiger partial charge in [0.25, 0.3) is 0 Å². The van der Waals surface area contributed by atoms with Crippen molar-refractivity contribution in [2.24, 2.45) is 0 Å². The molecule has 80 valence electrons. The fraction of sp³-hybridized carbons (Fsp3) is 0. The van der Waals surface area contributed by atoms with Crippen LogP contribution in [0.1, 0.15) is 11.1 Å². The van der Waals surface area contributed by atoms with E-state index in [1.165, 1.54) is 0 Å². The van der Waals surface area contributed by atoms with E-state index in [4.69, 9.17) is 10.5 Å². The van der Waals surface area contributed by atoms with Crippen molar-refractivity contribution in [3.05, 3.63) is 53.7 Å². The molecule has 0 saturated heterocycles. The molecule has 2 aromatic rings. The first-order chi connectivity index (χ1) is 8.33. The van der Waals surface area contributed by atoms with Crippen LogP contribution in [0.3, 0.4) is 0 Å². The highest BCUT2D eigenvalue weighted by molar-refractivity contribution is 5.63. The van der Waals surface area contributed by atoms with Crippen LogP contribution in [0, 0.1) is 22.7 Å². The lowest BCUT2D eigenvalue weighted by atomic mass is 10.2. The Labute approximate surface area is 98.8 Å². The van der Waals surface area contributed by atoms with Gasteiger partial charge in [0.1, 0.15) is 11.9 Å². The van der Waals surface area contributed by atoms with Crippen LogP contribution in [-0.2, 0) is 0 Å². The summed E-state index contributed by atoms with van der Waals surface area (Å²) >= 11 is 0. The molecule has 0 amide bonds. The topological polar surface area (TPSA) is 72.5 Å². The van der Waals surface area contributed by atoms with Gasteiger partial charge in [-0.15, -0.1) is 0 Å². The highest BCUT2D eigenvalue weighted by Gasteiger charge is 2.02. The third-order valence-corrected chi connectivity index (χ3v) is 2.18. The van der Waals surface area contributed by atoms with Crippen molar-refractivity contribution >= 4 is 11.5 Å². The molecule has 4 heteroatoms. The molecule has 1 aromatic carbocycles. The van der Waals surface area contributed by atoms with Crippen molar-refractivity contribution in [1.29, 1.82) is 10.5 Å². The van der Waals surface area contributed by atoms with E-state index in [0.29, 0.717) is 16.9 Å². The summed E-state index contributed by atoms with van der Waals surface area (Å²) in [5.41, 5.74) is 1.76. The molecule has 1 aromatic heterocycles. The molecule has 0 fully saturated rings. The Morgan fingerprint density at radius 3 is 2.71 bits per heavy atom. The van der Waals surface area contributed by atoms with E-state index in [1.807, 2.05) is 6.07 Å². The maximum absolute atomic E-state index is 8.91. The predicted molar refractivity (Wildman–Crippen MR) is 63.4 cm³/mol. The average molecular weight is 220 g/mol. The lowest BCUT2D eigenvalue weighted by Crippen LogP contribution is -1.96. The fourth-order valence-electron chi connectivity index (χ4n) is 1.40. The highest BCUT2D eigenvalue weighted by atomic mass is 15.0. The van der Waals surface area contributed by atoms with Crippen LogP contribution in [0.5, 0.6) is 0 Å². The molecule has 0 aliphatic heterocycles. The maximum atomic E-state index is 8.91.